The molecule has 0 atom stereocenters. The van der Waals surface area contributed by atoms with Crippen LogP contribution in [0.2, 0.25) is 5.02 Å². The maximum Gasteiger partial charge on any atom is 0.416 e. The molecule has 0 radical (unpaired) electrons. The van der Waals surface area contributed by atoms with E-state index in [0.29, 0.717) is 11.1 Å². The van der Waals surface area contributed by atoms with Crippen LogP contribution < -0.4 is 0 Å². The molecule has 6 heteroatoms. The van der Waals surface area contributed by atoms with Crippen molar-refractivity contribution in [1.82, 2.24) is 0 Å². The minimum atomic E-state index is -4.42. The Labute approximate surface area is 122 Å². The second-order valence-electron chi connectivity index (χ2n) is 4.05. The molecule has 0 bridgehead atoms. The summed E-state index contributed by atoms with van der Waals surface area (Å²) in [6, 6.07) is 9.00. The molecular weight excluding hydrogens is 312 g/mol. The van der Waals surface area contributed by atoms with E-state index in [1.807, 2.05) is 0 Å². The van der Waals surface area contributed by atoms with Crippen molar-refractivity contribution in [2.75, 3.05) is 0 Å². The number of hydrogen-bond acceptors (Lipinski definition) is 1. The number of carbonyl (C=O) groups is 1. The number of alkyl halides is 3. The summed E-state index contributed by atoms with van der Waals surface area (Å²) in [5.41, 5.74) is 0.147. The second kappa shape index (κ2) is 5.46. The predicted octanol–water partition coefficient (Wildman–Crippen LogP) is 5.40. The molecule has 0 heterocycles. The quantitative estimate of drug-likeness (QED) is 0.677. The third kappa shape index (κ3) is 3.14. The minimum absolute atomic E-state index is 0.163. The second-order valence-corrected chi connectivity index (χ2v) is 4.80. The van der Waals surface area contributed by atoms with Gasteiger partial charge in [-0.2, -0.15) is 13.2 Å². The van der Waals surface area contributed by atoms with Gasteiger partial charge in [0.05, 0.1) is 5.56 Å². The molecule has 2 rings (SSSR count). The zero-order valence-electron chi connectivity index (χ0n) is 9.84. The lowest BCUT2D eigenvalue weighted by atomic mass is 10.0. The van der Waals surface area contributed by atoms with Crippen molar-refractivity contribution in [3.8, 4) is 11.1 Å². The van der Waals surface area contributed by atoms with Crippen molar-refractivity contribution in [1.29, 1.82) is 0 Å². The Bertz CT molecular complexity index is 666. The Kier molecular flexibility index (Phi) is 4.06. The van der Waals surface area contributed by atoms with Crippen LogP contribution in [0.3, 0.4) is 0 Å². The summed E-state index contributed by atoms with van der Waals surface area (Å²) in [5, 5.41) is -0.515. The van der Waals surface area contributed by atoms with Gasteiger partial charge in [0.1, 0.15) is 0 Å². The van der Waals surface area contributed by atoms with Crippen LogP contribution in [0.25, 0.3) is 11.1 Å². The van der Waals surface area contributed by atoms with E-state index in [-0.39, 0.29) is 10.6 Å². The summed E-state index contributed by atoms with van der Waals surface area (Å²) in [6.07, 6.45) is -4.42. The van der Waals surface area contributed by atoms with Crippen molar-refractivity contribution in [2.24, 2.45) is 0 Å². The Morgan fingerprint density at radius 1 is 1.05 bits per heavy atom. The molecule has 0 aliphatic rings. The number of benzene rings is 2. The highest BCUT2D eigenvalue weighted by Crippen LogP contribution is 2.34. The Morgan fingerprint density at radius 3 is 2.30 bits per heavy atom. The maximum atomic E-state index is 12.7. The maximum absolute atomic E-state index is 12.7. The van der Waals surface area contributed by atoms with Crippen molar-refractivity contribution in [3.05, 3.63) is 58.6 Å². The van der Waals surface area contributed by atoms with Crippen LogP contribution in [-0.4, -0.2) is 5.24 Å². The molecule has 104 valence electrons. The van der Waals surface area contributed by atoms with Gasteiger partial charge in [-0.05, 0) is 41.4 Å². The molecule has 0 saturated carbocycles. The lowest BCUT2D eigenvalue weighted by Gasteiger charge is -2.10. The van der Waals surface area contributed by atoms with Crippen LogP contribution in [0.5, 0.6) is 0 Å². The summed E-state index contributed by atoms with van der Waals surface area (Å²) < 4.78 is 38.0. The van der Waals surface area contributed by atoms with E-state index in [1.54, 1.807) is 0 Å². The first-order valence-electron chi connectivity index (χ1n) is 5.46. The summed E-state index contributed by atoms with van der Waals surface area (Å²) in [7, 11) is 0. The van der Waals surface area contributed by atoms with Gasteiger partial charge in [-0.1, -0.05) is 29.8 Å². The van der Waals surface area contributed by atoms with Crippen molar-refractivity contribution in [3.63, 3.8) is 0 Å². The van der Waals surface area contributed by atoms with Crippen LogP contribution in [0, 0.1) is 0 Å². The molecule has 0 fully saturated rings. The van der Waals surface area contributed by atoms with E-state index in [1.165, 1.54) is 30.3 Å². The van der Waals surface area contributed by atoms with Crippen molar-refractivity contribution >= 4 is 28.4 Å². The molecule has 0 aliphatic heterocycles. The Hall–Kier alpha value is -1.52. The first kappa shape index (κ1) is 14.9. The highest BCUT2D eigenvalue weighted by molar-refractivity contribution is 6.67. The fraction of sp³-hybridized carbons (Fsp3) is 0.0714. The monoisotopic (exact) mass is 318 g/mol. The van der Waals surface area contributed by atoms with Gasteiger partial charge in [0.25, 0.3) is 5.24 Å². The van der Waals surface area contributed by atoms with Gasteiger partial charge in [0.15, 0.2) is 0 Å². The van der Waals surface area contributed by atoms with Crippen molar-refractivity contribution < 1.29 is 18.0 Å². The molecular formula is C14H7Cl2F3O. The van der Waals surface area contributed by atoms with Crippen LogP contribution in [0.15, 0.2) is 42.5 Å². The molecule has 0 spiro atoms. The zero-order chi connectivity index (χ0) is 14.9. The molecule has 0 amide bonds. The topological polar surface area (TPSA) is 17.1 Å². The summed E-state index contributed by atoms with van der Waals surface area (Å²) in [4.78, 5) is 11.0. The number of rotatable bonds is 2. The van der Waals surface area contributed by atoms with E-state index in [9.17, 15) is 18.0 Å². The third-order valence-corrected chi connectivity index (χ3v) is 3.23. The van der Waals surface area contributed by atoms with Gasteiger partial charge >= 0.3 is 6.18 Å². The Morgan fingerprint density at radius 2 is 1.75 bits per heavy atom. The number of halogens is 5. The molecule has 0 N–H and O–H groups in total. The average Bonchev–Trinajstić information content (AvgIpc) is 2.37. The average molecular weight is 319 g/mol. The molecule has 2 aromatic carbocycles. The van der Waals surface area contributed by atoms with Gasteiger partial charge in [-0.3, -0.25) is 4.79 Å². The lowest BCUT2D eigenvalue weighted by molar-refractivity contribution is -0.137. The summed E-state index contributed by atoms with van der Waals surface area (Å²) >= 11 is 11.3. The van der Waals surface area contributed by atoms with Gasteiger partial charge < -0.3 is 0 Å². The van der Waals surface area contributed by atoms with Crippen LogP contribution >= 0.6 is 23.2 Å². The van der Waals surface area contributed by atoms with Crippen LogP contribution in [0.1, 0.15) is 15.9 Å². The fourth-order valence-corrected chi connectivity index (χ4v) is 2.14. The van der Waals surface area contributed by atoms with E-state index < -0.39 is 17.0 Å². The van der Waals surface area contributed by atoms with Gasteiger partial charge in [-0.15, -0.1) is 0 Å². The largest absolute Gasteiger partial charge is 0.416 e. The molecule has 0 saturated heterocycles. The van der Waals surface area contributed by atoms with E-state index in [0.717, 1.165) is 12.1 Å². The normalized spacial score (nSPS) is 11.4. The Balaban J connectivity index is 2.49. The van der Waals surface area contributed by atoms with Crippen molar-refractivity contribution in [2.45, 2.75) is 6.18 Å². The van der Waals surface area contributed by atoms with Gasteiger partial charge in [-0.25, -0.2) is 0 Å². The summed E-state index contributed by atoms with van der Waals surface area (Å²) in [5.74, 6) is 0. The smallest absolute Gasteiger partial charge is 0.276 e. The molecule has 0 aromatic heterocycles. The van der Waals surface area contributed by atoms with Crippen LogP contribution in [-0.2, 0) is 6.18 Å². The number of hydrogen-bond donors (Lipinski definition) is 0. The van der Waals surface area contributed by atoms with E-state index in [2.05, 4.69) is 0 Å². The predicted molar refractivity (Wildman–Crippen MR) is 72.1 cm³/mol. The standard InChI is InChI=1S/C14H7Cl2F3O/c15-12-7-9(13(16)20)4-5-11(12)8-2-1-3-10(6-8)14(17,18)19/h1-7H. The summed E-state index contributed by atoms with van der Waals surface area (Å²) in [6.45, 7) is 0. The first-order valence-corrected chi connectivity index (χ1v) is 6.21. The SMILES string of the molecule is O=C(Cl)c1ccc(-c2cccc(C(F)(F)F)c2)c(Cl)c1. The highest BCUT2D eigenvalue weighted by Gasteiger charge is 2.30. The zero-order valence-corrected chi connectivity index (χ0v) is 11.4. The highest BCUT2D eigenvalue weighted by atomic mass is 35.5. The molecule has 1 nitrogen and oxygen atoms in total. The lowest BCUT2D eigenvalue weighted by Crippen LogP contribution is -2.04. The van der Waals surface area contributed by atoms with Gasteiger partial charge in [0.2, 0.25) is 0 Å². The van der Waals surface area contributed by atoms with Crippen LogP contribution in [0.4, 0.5) is 13.2 Å². The number of carbonyl (C=O) groups excluding carboxylic acids is 1. The van der Waals surface area contributed by atoms with Gasteiger partial charge in [0, 0.05) is 16.1 Å². The third-order valence-electron chi connectivity index (χ3n) is 2.70. The first-order chi connectivity index (χ1) is 9.29. The van der Waals surface area contributed by atoms with E-state index in [4.69, 9.17) is 23.2 Å². The molecule has 0 aliphatic carbocycles. The molecule has 0 unspecified atom stereocenters. The molecule has 2 aromatic rings. The fourth-order valence-electron chi connectivity index (χ4n) is 1.73. The minimum Gasteiger partial charge on any atom is -0.276 e. The molecule has 20 heavy (non-hydrogen) atoms. The van der Waals surface area contributed by atoms with E-state index >= 15 is 0 Å².